The zero-order valence-corrected chi connectivity index (χ0v) is 12.3. The van der Waals surface area contributed by atoms with E-state index in [1.807, 2.05) is 30.3 Å². The van der Waals surface area contributed by atoms with Gasteiger partial charge in [0.05, 0.1) is 11.5 Å². The first-order valence-corrected chi connectivity index (χ1v) is 6.90. The van der Waals surface area contributed by atoms with Crippen LogP contribution in [0.1, 0.15) is 21.8 Å². The average molecular weight is 298 g/mol. The number of carboxylic acid groups (broad SMARTS) is 1. The molecule has 5 nitrogen and oxygen atoms in total. The molecular formula is C17H18N2O3. The lowest BCUT2D eigenvalue weighted by atomic mass is 9.97. The highest BCUT2D eigenvalue weighted by Gasteiger charge is 2.23. The minimum absolute atomic E-state index is 0.128. The van der Waals surface area contributed by atoms with Gasteiger partial charge in [0, 0.05) is 19.3 Å². The molecule has 0 spiro atoms. The summed E-state index contributed by atoms with van der Waals surface area (Å²) in [5, 5.41) is 8.90. The lowest BCUT2D eigenvalue weighted by Crippen LogP contribution is -2.35. The van der Waals surface area contributed by atoms with Gasteiger partial charge >= 0.3 is 5.97 Å². The SMILES string of the molecule is CN(C(=O)C(CN)c1ccccc1)c1ccc(C(=O)O)cc1. The van der Waals surface area contributed by atoms with Crippen LogP contribution in [0.15, 0.2) is 54.6 Å². The van der Waals surface area contributed by atoms with Crippen molar-refractivity contribution >= 4 is 17.6 Å². The molecule has 0 aromatic heterocycles. The highest BCUT2D eigenvalue weighted by Crippen LogP contribution is 2.21. The Balaban J connectivity index is 2.22. The summed E-state index contributed by atoms with van der Waals surface area (Å²) >= 11 is 0. The third kappa shape index (κ3) is 3.32. The average Bonchev–Trinajstić information content (AvgIpc) is 2.56. The fraction of sp³-hybridized carbons (Fsp3) is 0.176. The third-order valence-corrected chi connectivity index (χ3v) is 3.57. The molecule has 0 saturated heterocycles. The van der Waals surface area contributed by atoms with E-state index < -0.39 is 11.9 Å². The molecule has 1 amide bonds. The van der Waals surface area contributed by atoms with E-state index >= 15 is 0 Å². The Morgan fingerprint density at radius 1 is 1.09 bits per heavy atom. The Morgan fingerprint density at radius 3 is 2.18 bits per heavy atom. The molecule has 0 fully saturated rings. The molecule has 0 aliphatic heterocycles. The fourth-order valence-electron chi connectivity index (χ4n) is 2.25. The summed E-state index contributed by atoms with van der Waals surface area (Å²) in [5.41, 5.74) is 7.44. The monoisotopic (exact) mass is 298 g/mol. The van der Waals surface area contributed by atoms with Crippen molar-refractivity contribution in [1.82, 2.24) is 0 Å². The number of likely N-dealkylation sites (N-methyl/N-ethyl adjacent to an activating group) is 1. The Bertz CT molecular complexity index is 653. The number of rotatable bonds is 5. The van der Waals surface area contributed by atoms with Gasteiger partial charge in [0.1, 0.15) is 0 Å². The largest absolute Gasteiger partial charge is 0.478 e. The number of nitrogens with zero attached hydrogens (tertiary/aromatic N) is 1. The minimum atomic E-state index is -0.996. The Kier molecular flexibility index (Phi) is 4.91. The molecule has 0 radical (unpaired) electrons. The van der Waals surface area contributed by atoms with Gasteiger partial charge < -0.3 is 15.7 Å². The number of aromatic carboxylic acids is 1. The molecule has 2 rings (SSSR count). The van der Waals surface area contributed by atoms with Crippen molar-refractivity contribution in [3.63, 3.8) is 0 Å². The second-order valence-electron chi connectivity index (χ2n) is 4.95. The van der Waals surface area contributed by atoms with E-state index in [9.17, 15) is 9.59 Å². The van der Waals surface area contributed by atoms with E-state index in [-0.39, 0.29) is 18.0 Å². The molecule has 1 unspecified atom stereocenters. The summed E-state index contributed by atoms with van der Waals surface area (Å²) in [7, 11) is 1.66. The zero-order chi connectivity index (χ0) is 16.1. The van der Waals surface area contributed by atoms with Crippen molar-refractivity contribution in [3.05, 3.63) is 65.7 Å². The summed E-state index contributed by atoms with van der Waals surface area (Å²) in [5.74, 6) is -1.55. The molecule has 5 heteroatoms. The minimum Gasteiger partial charge on any atom is -0.478 e. The summed E-state index contributed by atoms with van der Waals surface area (Å²) in [6.07, 6.45) is 0. The van der Waals surface area contributed by atoms with Crippen LogP contribution in [0, 0.1) is 0 Å². The van der Waals surface area contributed by atoms with Crippen molar-refractivity contribution in [1.29, 1.82) is 0 Å². The predicted octanol–water partition coefficient (Wildman–Crippen LogP) is 2.09. The summed E-state index contributed by atoms with van der Waals surface area (Å²) in [4.78, 5) is 25.0. The van der Waals surface area contributed by atoms with Gasteiger partial charge in [0.15, 0.2) is 0 Å². The molecule has 22 heavy (non-hydrogen) atoms. The van der Waals surface area contributed by atoms with Crippen LogP contribution in [0.4, 0.5) is 5.69 Å². The number of carbonyl (C=O) groups excluding carboxylic acids is 1. The number of hydrogen-bond acceptors (Lipinski definition) is 3. The van der Waals surface area contributed by atoms with Crippen LogP contribution < -0.4 is 10.6 Å². The van der Waals surface area contributed by atoms with Gasteiger partial charge in [-0.15, -0.1) is 0 Å². The van der Waals surface area contributed by atoms with Crippen molar-refractivity contribution in [2.75, 3.05) is 18.5 Å². The second-order valence-corrected chi connectivity index (χ2v) is 4.95. The van der Waals surface area contributed by atoms with Crippen LogP contribution in [0.25, 0.3) is 0 Å². The van der Waals surface area contributed by atoms with E-state index in [4.69, 9.17) is 10.8 Å². The van der Waals surface area contributed by atoms with Crippen molar-refractivity contribution in [3.8, 4) is 0 Å². The molecule has 2 aromatic rings. The molecule has 0 aliphatic carbocycles. The number of carbonyl (C=O) groups is 2. The van der Waals surface area contributed by atoms with Crippen LogP contribution in [-0.4, -0.2) is 30.6 Å². The normalized spacial score (nSPS) is 11.7. The van der Waals surface area contributed by atoms with Gasteiger partial charge in [-0.2, -0.15) is 0 Å². The lowest BCUT2D eigenvalue weighted by molar-refractivity contribution is -0.119. The topological polar surface area (TPSA) is 83.6 Å². The Hall–Kier alpha value is -2.66. The first-order valence-electron chi connectivity index (χ1n) is 6.90. The number of benzene rings is 2. The maximum Gasteiger partial charge on any atom is 0.335 e. The van der Waals surface area contributed by atoms with E-state index in [0.29, 0.717) is 5.69 Å². The number of anilines is 1. The number of nitrogens with two attached hydrogens (primary N) is 1. The van der Waals surface area contributed by atoms with Crippen LogP contribution in [0.3, 0.4) is 0 Å². The number of hydrogen-bond donors (Lipinski definition) is 2. The van der Waals surface area contributed by atoms with Crippen LogP contribution in [-0.2, 0) is 4.79 Å². The van der Waals surface area contributed by atoms with Gasteiger partial charge in [-0.05, 0) is 29.8 Å². The summed E-state index contributed by atoms with van der Waals surface area (Å²) in [6.45, 7) is 0.209. The number of amides is 1. The molecule has 0 heterocycles. The first-order chi connectivity index (χ1) is 10.5. The summed E-state index contributed by atoms with van der Waals surface area (Å²) < 4.78 is 0. The molecule has 1 atom stereocenters. The van der Waals surface area contributed by atoms with Crippen LogP contribution in [0.2, 0.25) is 0 Å². The molecule has 3 N–H and O–H groups in total. The van der Waals surface area contributed by atoms with Gasteiger partial charge in [-0.25, -0.2) is 4.79 Å². The van der Waals surface area contributed by atoms with E-state index in [1.54, 1.807) is 19.2 Å². The van der Waals surface area contributed by atoms with Gasteiger partial charge in [0.25, 0.3) is 0 Å². The summed E-state index contributed by atoms with van der Waals surface area (Å²) in [6, 6.07) is 15.5. The van der Waals surface area contributed by atoms with Crippen molar-refractivity contribution in [2.24, 2.45) is 5.73 Å². The fourth-order valence-corrected chi connectivity index (χ4v) is 2.25. The maximum atomic E-state index is 12.6. The van der Waals surface area contributed by atoms with Crippen LogP contribution >= 0.6 is 0 Å². The molecule has 0 saturated carbocycles. The molecule has 0 bridgehead atoms. The third-order valence-electron chi connectivity index (χ3n) is 3.57. The molecular weight excluding hydrogens is 280 g/mol. The second kappa shape index (κ2) is 6.87. The smallest absolute Gasteiger partial charge is 0.335 e. The molecule has 114 valence electrons. The molecule has 2 aromatic carbocycles. The first kappa shape index (κ1) is 15.7. The van der Waals surface area contributed by atoms with E-state index in [2.05, 4.69) is 0 Å². The van der Waals surface area contributed by atoms with Gasteiger partial charge in [-0.3, -0.25) is 4.79 Å². The number of carboxylic acids is 1. The highest BCUT2D eigenvalue weighted by atomic mass is 16.4. The van der Waals surface area contributed by atoms with E-state index in [0.717, 1.165) is 5.56 Å². The zero-order valence-electron chi connectivity index (χ0n) is 12.3. The van der Waals surface area contributed by atoms with Crippen molar-refractivity contribution < 1.29 is 14.7 Å². The maximum absolute atomic E-state index is 12.6. The highest BCUT2D eigenvalue weighted by molar-refractivity contribution is 5.98. The van der Waals surface area contributed by atoms with Crippen molar-refractivity contribution in [2.45, 2.75) is 5.92 Å². The molecule has 0 aliphatic rings. The van der Waals surface area contributed by atoms with Gasteiger partial charge in [0.2, 0.25) is 5.91 Å². The van der Waals surface area contributed by atoms with Gasteiger partial charge in [-0.1, -0.05) is 30.3 Å². The lowest BCUT2D eigenvalue weighted by Gasteiger charge is -2.23. The standard InChI is InChI=1S/C17H18N2O3/c1-19(14-9-7-13(8-10-14)17(21)22)16(20)15(11-18)12-5-3-2-4-6-12/h2-10,15H,11,18H2,1H3,(H,21,22). The van der Waals surface area contributed by atoms with Crippen LogP contribution in [0.5, 0.6) is 0 Å². The Labute approximate surface area is 129 Å². The van der Waals surface area contributed by atoms with E-state index in [1.165, 1.54) is 17.0 Å². The Morgan fingerprint density at radius 2 is 1.68 bits per heavy atom. The predicted molar refractivity (Wildman–Crippen MR) is 85.0 cm³/mol. The quantitative estimate of drug-likeness (QED) is 0.885.